The molecule has 5 rings (SSSR count). The summed E-state index contributed by atoms with van der Waals surface area (Å²) in [5.74, 6) is 2.27. The lowest BCUT2D eigenvalue weighted by Crippen LogP contribution is -1.99. The predicted octanol–water partition coefficient (Wildman–Crippen LogP) is 5.61. The van der Waals surface area contributed by atoms with E-state index in [2.05, 4.69) is 58.1 Å². The zero-order valence-corrected chi connectivity index (χ0v) is 19.5. The van der Waals surface area contributed by atoms with E-state index in [1.54, 1.807) is 0 Å². The van der Waals surface area contributed by atoms with E-state index in [-0.39, 0.29) is 0 Å². The minimum Gasteiger partial charge on any atom is -0.337 e. The van der Waals surface area contributed by atoms with E-state index >= 15 is 0 Å². The molecule has 0 amide bonds. The zero-order valence-electron chi connectivity index (χ0n) is 19.5. The summed E-state index contributed by atoms with van der Waals surface area (Å²) in [6.07, 6.45) is 9.74. The van der Waals surface area contributed by atoms with E-state index in [0.29, 0.717) is 5.92 Å². The van der Waals surface area contributed by atoms with E-state index in [0.717, 1.165) is 50.6 Å². The van der Waals surface area contributed by atoms with Gasteiger partial charge in [-0.05, 0) is 54.3 Å². The van der Waals surface area contributed by atoms with Crippen LogP contribution < -0.4 is 5.32 Å². The Morgan fingerprint density at radius 3 is 2.52 bits per heavy atom. The Morgan fingerprint density at radius 2 is 1.76 bits per heavy atom. The molecule has 5 aromatic heterocycles. The highest BCUT2D eigenvalue weighted by molar-refractivity contribution is 5.86. The predicted molar refractivity (Wildman–Crippen MR) is 132 cm³/mol. The average Bonchev–Trinajstić information content (AvgIpc) is 3.36. The number of anilines is 2. The molecule has 33 heavy (non-hydrogen) atoms. The van der Waals surface area contributed by atoms with Crippen molar-refractivity contribution in [2.75, 3.05) is 5.32 Å². The Balaban J connectivity index is 1.53. The molecule has 5 heterocycles. The highest BCUT2D eigenvalue weighted by Crippen LogP contribution is 2.32. The first-order valence-corrected chi connectivity index (χ1v) is 11.0. The maximum absolute atomic E-state index is 4.85. The summed E-state index contributed by atoms with van der Waals surface area (Å²) in [6, 6.07) is 10.3. The molecule has 0 saturated heterocycles. The van der Waals surface area contributed by atoms with Gasteiger partial charge in [-0.3, -0.25) is 14.6 Å². The number of rotatable bonds is 5. The van der Waals surface area contributed by atoms with Crippen LogP contribution in [0.15, 0.2) is 61.3 Å². The molecule has 0 aromatic carbocycles. The number of fused-ring (bicyclic) bond motifs is 1. The lowest BCUT2D eigenvalue weighted by molar-refractivity contribution is 0.771. The van der Waals surface area contributed by atoms with Crippen molar-refractivity contribution in [3.8, 4) is 22.4 Å². The molecule has 0 spiro atoms. The molecular formula is C26H27N7. The van der Waals surface area contributed by atoms with E-state index in [9.17, 15) is 0 Å². The van der Waals surface area contributed by atoms with Gasteiger partial charge in [-0.2, -0.15) is 5.10 Å². The Hall–Kier alpha value is -4.00. The molecule has 0 unspecified atom stereocenters. The van der Waals surface area contributed by atoms with Crippen molar-refractivity contribution >= 4 is 22.7 Å². The Bertz CT molecular complexity index is 1460. The zero-order chi connectivity index (χ0) is 23.1. The van der Waals surface area contributed by atoms with Gasteiger partial charge in [-0.1, -0.05) is 13.8 Å². The van der Waals surface area contributed by atoms with Crippen LogP contribution in [0.25, 0.3) is 33.4 Å². The van der Waals surface area contributed by atoms with Crippen LogP contribution >= 0.6 is 0 Å². The van der Waals surface area contributed by atoms with E-state index in [1.165, 1.54) is 5.56 Å². The summed E-state index contributed by atoms with van der Waals surface area (Å²) in [4.78, 5) is 13.9. The van der Waals surface area contributed by atoms with E-state index < -0.39 is 0 Å². The number of hydrogen-bond acceptors (Lipinski definition) is 5. The number of aromatic nitrogens is 6. The summed E-state index contributed by atoms with van der Waals surface area (Å²) in [7, 11) is 3.97. The third kappa shape index (κ3) is 4.09. The van der Waals surface area contributed by atoms with Gasteiger partial charge in [-0.15, -0.1) is 0 Å². The van der Waals surface area contributed by atoms with Crippen molar-refractivity contribution < 1.29 is 0 Å². The largest absolute Gasteiger partial charge is 0.337 e. The Kier molecular flexibility index (Phi) is 5.17. The lowest BCUT2D eigenvalue weighted by Gasteiger charge is -2.08. The minimum atomic E-state index is 0.473. The van der Waals surface area contributed by atoms with Crippen molar-refractivity contribution in [3.05, 3.63) is 72.4 Å². The van der Waals surface area contributed by atoms with Gasteiger partial charge < -0.3 is 9.88 Å². The van der Waals surface area contributed by atoms with Gasteiger partial charge in [0.1, 0.15) is 17.3 Å². The SMILES string of the molecule is Cc1cncc(-c2nn(C)cc2-c2cnc3ccc(Nc4cc(C(C)C)cn4C)nc3c2)c1. The maximum Gasteiger partial charge on any atom is 0.132 e. The second kappa shape index (κ2) is 8.16. The van der Waals surface area contributed by atoms with Gasteiger partial charge in [0, 0.05) is 61.8 Å². The standard InChI is InChI=1S/C26H27N7/c1-16(2)20-10-25(32(4)14-20)30-24-7-6-22-23(29-24)9-18(13-28-22)21-15-33(5)31-26(21)19-8-17(3)11-27-12-19/h6-16H,1-5H3,(H,29,30). The second-order valence-corrected chi connectivity index (χ2v) is 8.82. The van der Waals surface area contributed by atoms with Gasteiger partial charge in [0.15, 0.2) is 0 Å². The molecule has 0 radical (unpaired) electrons. The molecule has 0 aliphatic rings. The van der Waals surface area contributed by atoms with Crippen molar-refractivity contribution in [3.63, 3.8) is 0 Å². The van der Waals surface area contributed by atoms with Crippen molar-refractivity contribution in [2.24, 2.45) is 14.1 Å². The molecule has 7 heteroatoms. The van der Waals surface area contributed by atoms with Crippen molar-refractivity contribution in [2.45, 2.75) is 26.7 Å². The topological polar surface area (TPSA) is 73.5 Å². The molecule has 0 saturated carbocycles. The Morgan fingerprint density at radius 1 is 0.909 bits per heavy atom. The highest BCUT2D eigenvalue weighted by Gasteiger charge is 2.14. The first-order valence-electron chi connectivity index (χ1n) is 11.0. The minimum absolute atomic E-state index is 0.473. The van der Waals surface area contributed by atoms with Crippen LogP contribution in [0, 0.1) is 6.92 Å². The fourth-order valence-electron chi connectivity index (χ4n) is 3.98. The molecule has 7 nitrogen and oxygen atoms in total. The number of nitrogens with one attached hydrogen (secondary N) is 1. The first-order chi connectivity index (χ1) is 15.9. The summed E-state index contributed by atoms with van der Waals surface area (Å²) < 4.78 is 3.91. The normalized spacial score (nSPS) is 11.5. The van der Waals surface area contributed by atoms with Gasteiger partial charge in [0.25, 0.3) is 0 Å². The fraction of sp³-hybridized carbons (Fsp3) is 0.231. The summed E-state index contributed by atoms with van der Waals surface area (Å²) >= 11 is 0. The van der Waals surface area contributed by atoms with E-state index in [1.807, 2.05) is 62.6 Å². The first kappa shape index (κ1) is 20.9. The molecule has 0 bridgehead atoms. The maximum atomic E-state index is 4.85. The number of nitrogens with zero attached hydrogens (tertiary/aromatic N) is 6. The molecule has 0 atom stereocenters. The summed E-state index contributed by atoms with van der Waals surface area (Å²) in [5, 5.41) is 8.14. The smallest absolute Gasteiger partial charge is 0.132 e. The third-order valence-corrected chi connectivity index (χ3v) is 5.77. The molecule has 1 N–H and O–H groups in total. The van der Waals surface area contributed by atoms with Crippen LogP contribution in [0.3, 0.4) is 0 Å². The van der Waals surface area contributed by atoms with Gasteiger partial charge >= 0.3 is 0 Å². The highest BCUT2D eigenvalue weighted by atomic mass is 15.3. The van der Waals surface area contributed by atoms with Crippen LogP contribution in [0.4, 0.5) is 11.6 Å². The number of pyridine rings is 3. The monoisotopic (exact) mass is 437 g/mol. The van der Waals surface area contributed by atoms with Crippen LogP contribution in [0.5, 0.6) is 0 Å². The molecule has 0 aliphatic carbocycles. The fourth-order valence-corrected chi connectivity index (χ4v) is 3.98. The molecular weight excluding hydrogens is 410 g/mol. The third-order valence-electron chi connectivity index (χ3n) is 5.77. The van der Waals surface area contributed by atoms with Crippen LogP contribution in [0.2, 0.25) is 0 Å². The number of aryl methyl sites for hydroxylation is 3. The molecule has 166 valence electrons. The average molecular weight is 438 g/mol. The summed E-state index contributed by atoms with van der Waals surface area (Å²) in [5.41, 5.74) is 7.91. The van der Waals surface area contributed by atoms with Crippen molar-refractivity contribution in [1.82, 2.24) is 29.3 Å². The Labute approximate surface area is 193 Å². The van der Waals surface area contributed by atoms with Gasteiger partial charge in [0.05, 0.1) is 11.0 Å². The molecule has 0 aliphatic heterocycles. The van der Waals surface area contributed by atoms with Crippen molar-refractivity contribution in [1.29, 1.82) is 0 Å². The quantitative estimate of drug-likeness (QED) is 0.387. The molecule has 0 fully saturated rings. The van der Waals surface area contributed by atoms with E-state index in [4.69, 9.17) is 10.1 Å². The number of hydrogen-bond donors (Lipinski definition) is 1. The van der Waals surface area contributed by atoms with Crippen LogP contribution in [-0.4, -0.2) is 29.3 Å². The van der Waals surface area contributed by atoms with Gasteiger partial charge in [-0.25, -0.2) is 4.98 Å². The second-order valence-electron chi connectivity index (χ2n) is 8.82. The molecule has 5 aromatic rings. The van der Waals surface area contributed by atoms with Crippen LogP contribution in [0.1, 0.15) is 30.9 Å². The lowest BCUT2D eigenvalue weighted by atomic mass is 10.0. The van der Waals surface area contributed by atoms with Gasteiger partial charge in [0.2, 0.25) is 0 Å². The van der Waals surface area contributed by atoms with Crippen LogP contribution in [-0.2, 0) is 14.1 Å². The summed E-state index contributed by atoms with van der Waals surface area (Å²) in [6.45, 7) is 6.42.